The van der Waals surface area contributed by atoms with Crippen LogP contribution in [-0.2, 0) is 23.9 Å². The highest BCUT2D eigenvalue weighted by atomic mass is 16.6. The number of rotatable bonds is 7. The summed E-state index contributed by atoms with van der Waals surface area (Å²) in [6, 6.07) is 2.71. The molecule has 3 rings (SSSR count). The number of likely N-dealkylation sites (tertiary alicyclic amines) is 1. The second-order valence-electron chi connectivity index (χ2n) is 7.52. The summed E-state index contributed by atoms with van der Waals surface area (Å²) >= 11 is 0. The van der Waals surface area contributed by atoms with Crippen molar-refractivity contribution in [3.63, 3.8) is 0 Å². The van der Waals surface area contributed by atoms with E-state index in [-0.39, 0.29) is 28.9 Å². The van der Waals surface area contributed by atoms with Crippen molar-refractivity contribution in [2.45, 2.75) is 38.6 Å². The van der Waals surface area contributed by atoms with E-state index in [1.165, 1.54) is 26.2 Å². The van der Waals surface area contributed by atoms with Crippen molar-refractivity contribution in [2.75, 3.05) is 19.0 Å². The first-order valence-corrected chi connectivity index (χ1v) is 9.90. The first-order valence-electron chi connectivity index (χ1n) is 9.90. The summed E-state index contributed by atoms with van der Waals surface area (Å²) in [6.07, 6.45) is 2.97. The summed E-state index contributed by atoms with van der Waals surface area (Å²) < 4.78 is 9.88. The number of carbonyl (C=O) groups is 4. The lowest BCUT2D eigenvalue weighted by atomic mass is 9.81. The van der Waals surface area contributed by atoms with Crippen LogP contribution in [-0.4, -0.2) is 53.3 Å². The molecule has 0 bridgehead atoms. The molecule has 0 spiro atoms. The second-order valence-corrected chi connectivity index (χ2v) is 7.52. The van der Waals surface area contributed by atoms with Crippen LogP contribution in [0.1, 0.15) is 32.6 Å². The van der Waals surface area contributed by atoms with Gasteiger partial charge in [0.05, 0.1) is 29.9 Å². The van der Waals surface area contributed by atoms with Crippen molar-refractivity contribution in [3.05, 3.63) is 28.3 Å². The van der Waals surface area contributed by atoms with Crippen molar-refractivity contribution in [1.82, 2.24) is 4.90 Å². The van der Waals surface area contributed by atoms with Crippen molar-refractivity contribution in [3.8, 4) is 5.75 Å². The van der Waals surface area contributed by atoms with Crippen molar-refractivity contribution in [2.24, 2.45) is 11.8 Å². The van der Waals surface area contributed by atoms with Crippen LogP contribution in [0, 0.1) is 22.0 Å². The Hall–Kier alpha value is -3.50. The summed E-state index contributed by atoms with van der Waals surface area (Å²) in [6.45, 7) is 0.650. The van der Waals surface area contributed by atoms with E-state index in [1.807, 2.05) is 0 Å². The molecule has 1 aromatic rings. The van der Waals surface area contributed by atoms with Gasteiger partial charge in [-0.2, -0.15) is 0 Å². The number of nitrogens with zero attached hydrogens (tertiary/aromatic N) is 2. The zero-order chi connectivity index (χ0) is 22.7. The third-order valence-electron chi connectivity index (χ3n) is 5.62. The predicted octanol–water partition coefficient (Wildman–Crippen LogP) is 1.65. The molecule has 1 heterocycles. The van der Waals surface area contributed by atoms with Gasteiger partial charge >= 0.3 is 5.97 Å². The van der Waals surface area contributed by atoms with Gasteiger partial charge < -0.3 is 14.8 Å². The summed E-state index contributed by atoms with van der Waals surface area (Å²) in [5.41, 5.74) is -0.475. The Labute approximate surface area is 177 Å². The molecule has 11 heteroatoms. The molecule has 1 N–H and O–H groups in total. The van der Waals surface area contributed by atoms with Gasteiger partial charge in [-0.1, -0.05) is 12.8 Å². The van der Waals surface area contributed by atoms with Gasteiger partial charge in [-0.15, -0.1) is 0 Å². The molecular formula is C20H23N3O8. The third kappa shape index (κ3) is 4.49. The first-order chi connectivity index (χ1) is 14.7. The van der Waals surface area contributed by atoms with Crippen LogP contribution in [0.4, 0.5) is 11.4 Å². The number of imide groups is 1. The van der Waals surface area contributed by atoms with Gasteiger partial charge in [0.25, 0.3) is 11.6 Å². The molecule has 3 amide bonds. The predicted molar refractivity (Wildman–Crippen MR) is 106 cm³/mol. The van der Waals surface area contributed by atoms with E-state index in [2.05, 4.69) is 5.32 Å². The molecule has 1 saturated carbocycles. The number of anilines is 1. The molecule has 0 aromatic heterocycles. The second kappa shape index (κ2) is 9.11. The van der Waals surface area contributed by atoms with Gasteiger partial charge in [0.15, 0.2) is 6.61 Å². The largest absolute Gasteiger partial charge is 0.496 e. The van der Waals surface area contributed by atoms with E-state index >= 15 is 0 Å². The summed E-state index contributed by atoms with van der Waals surface area (Å²) in [4.78, 5) is 61.1. The number of nitrogens with one attached hydrogen (secondary N) is 1. The molecule has 31 heavy (non-hydrogen) atoms. The van der Waals surface area contributed by atoms with E-state index in [9.17, 15) is 29.3 Å². The molecule has 166 valence electrons. The lowest BCUT2D eigenvalue weighted by Gasteiger charge is -2.21. The maximum absolute atomic E-state index is 12.6. The highest BCUT2D eigenvalue weighted by Gasteiger charge is 2.51. The SMILES string of the molecule is COc1ccc(NC(=O)COC(=O)C(C)N2C(=O)C3CCCCC3C2=O)c([N+](=O)[O-])c1. The number of hydrogen-bond acceptors (Lipinski definition) is 8. The van der Waals surface area contributed by atoms with Gasteiger partial charge in [-0.05, 0) is 31.9 Å². The molecule has 2 aliphatic rings. The maximum Gasteiger partial charge on any atom is 0.329 e. The Morgan fingerprint density at radius 1 is 1.23 bits per heavy atom. The van der Waals surface area contributed by atoms with Gasteiger partial charge in [0.2, 0.25) is 11.8 Å². The molecular weight excluding hydrogens is 410 g/mol. The number of nitro groups is 1. The fraction of sp³-hybridized carbons (Fsp3) is 0.500. The minimum atomic E-state index is -1.16. The molecule has 1 saturated heterocycles. The van der Waals surface area contributed by atoms with E-state index in [4.69, 9.17) is 9.47 Å². The average molecular weight is 433 g/mol. The Kier molecular flexibility index (Phi) is 6.52. The summed E-state index contributed by atoms with van der Waals surface area (Å²) in [7, 11) is 1.35. The highest BCUT2D eigenvalue weighted by Crippen LogP contribution is 2.39. The van der Waals surface area contributed by atoms with Crippen LogP contribution in [0.15, 0.2) is 18.2 Å². The van der Waals surface area contributed by atoms with Gasteiger partial charge in [0.1, 0.15) is 17.5 Å². The zero-order valence-electron chi connectivity index (χ0n) is 17.2. The standard InChI is InChI=1S/C20H23N3O8/c1-11(22-18(25)13-5-3-4-6-14(13)19(22)26)20(27)31-10-17(24)21-15-8-7-12(30-2)9-16(15)23(28)29/h7-9,11,13-14H,3-6,10H2,1-2H3,(H,21,24). The van der Waals surface area contributed by atoms with Gasteiger partial charge in [-0.25, -0.2) is 4.79 Å². The molecule has 1 aliphatic carbocycles. The number of esters is 1. The first kappa shape index (κ1) is 22.2. The summed E-state index contributed by atoms with van der Waals surface area (Å²) in [5, 5.41) is 13.5. The number of benzene rings is 1. The summed E-state index contributed by atoms with van der Waals surface area (Å²) in [5.74, 6) is -3.01. The van der Waals surface area contributed by atoms with Crippen LogP contribution in [0.5, 0.6) is 5.75 Å². The van der Waals surface area contributed by atoms with E-state index in [0.29, 0.717) is 12.8 Å². The fourth-order valence-corrected chi connectivity index (χ4v) is 4.01. The van der Waals surface area contributed by atoms with Crippen molar-refractivity contribution >= 4 is 35.1 Å². The fourth-order valence-electron chi connectivity index (χ4n) is 4.01. The topological polar surface area (TPSA) is 145 Å². The molecule has 11 nitrogen and oxygen atoms in total. The minimum Gasteiger partial charge on any atom is -0.496 e. The Bertz CT molecular complexity index is 907. The number of methoxy groups -OCH3 is 1. The molecule has 1 aromatic carbocycles. The molecule has 3 unspecified atom stereocenters. The van der Waals surface area contributed by atoms with Gasteiger partial charge in [-0.3, -0.25) is 29.4 Å². The quantitative estimate of drug-likeness (QED) is 0.296. The number of hydrogen-bond donors (Lipinski definition) is 1. The minimum absolute atomic E-state index is 0.0890. The Balaban J connectivity index is 1.59. The molecule has 3 atom stereocenters. The number of fused-ring (bicyclic) bond motifs is 1. The van der Waals surface area contributed by atoms with Crippen LogP contribution in [0.3, 0.4) is 0 Å². The third-order valence-corrected chi connectivity index (χ3v) is 5.62. The molecule has 1 aliphatic heterocycles. The Morgan fingerprint density at radius 3 is 2.39 bits per heavy atom. The molecule has 2 fully saturated rings. The Morgan fingerprint density at radius 2 is 1.84 bits per heavy atom. The van der Waals surface area contributed by atoms with Crippen molar-refractivity contribution in [1.29, 1.82) is 0 Å². The van der Waals surface area contributed by atoms with E-state index in [1.54, 1.807) is 0 Å². The zero-order valence-corrected chi connectivity index (χ0v) is 17.2. The van der Waals surface area contributed by atoms with E-state index < -0.39 is 41.3 Å². The maximum atomic E-state index is 12.6. The molecule has 0 radical (unpaired) electrons. The van der Waals surface area contributed by atoms with Gasteiger partial charge in [0, 0.05) is 0 Å². The van der Waals surface area contributed by atoms with Crippen molar-refractivity contribution < 1.29 is 33.6 Å². The number of nitro benzene ring substituents is 1. The monoisotopic (exact) mass is 433 g/mol. The highest BCUT2D eigenvalue weighted by molar-refractivity contribution is 6.08. The van der Waals surface area contributed by atoms with Crippen LogP contribution in [0.25, 0.3) is 0 Å². The lowest BCUT2D eigenvalue weighted by Crippen LogP contribution is -2.45. The lowest BCUT2D eigenvalue weighted by molar-refractivity contribution is -0.384. The van der Waals surface area contributed by atoms with Crippen LogP contribution in [0.2, 0.25) is 0 Å². The normalized spacial score (nSPS) is 21.3. The number of ether oxygens (including phenoxy) is 2. The number of carbonyl (C=O) groups excluding carboxylic acids is 4. The average Bonchev–Trinajstić information content (AvgIpc) is 3.02. The van der Waals surface area contributed by atoms with E-state index in [0.717, 1.165) is 23.8 Å². The number of amides is 3. The van der Waals surface area contributed by atoms with Crippen LogP contribution < -0.4 is 10.1 Å². The smallest absolute Gasteiger partial charge is 0.329 e. The van der Waals surface area contributed by atoms with Crippen LogP contribution >= 0.6 is 0 Å².